The first kappa shape index (κ1) is 28.8. The van der Waals surface area contributed by atoms with Gasteiger partial charge < -0.3 is 20.5 Å². The van der Waals surface area contributed by atoms with Crippen LogP contribution in [0.2, 0.25) is 0 Å². The van der Waals surface area contributed by atoms with Crippen molar-refractivity contribution in [3.63, 3.8) is 0 Å². The fraction of sp³-hybridized carbons (Fsp3) is 0.344. The monoisotopic (exact) mass is 543 g/mol. The number of amides is 2. The molecule has 8 heteroatoms. The molecule has 0 aromatic heterocycles. The highest BCUT2D eigenvalue weighted by Gasteiger charge is 2.30. The Hall–Kier alpha value is -4.17. The summed E-state index contributed by atoms with van der Waals surface area (Å²) in [7, 11) is 1.87. The Labute approximate surface area is 235 Å². The van der Waals surface area contributed by atoms with Crippen molar-refractivity contribution in [3.05, 3.63) is 95.6 Å². The highest BCUT2D eigenvalue weighted by molar-refractivity contribution is 5.86. The zero-order valence-corrected chi connectivity index (χ0v) is 23.0. The van der Waals surface area contributed by atoms with Gasteiger partial charge >= 0.3 is 12.1 Å². The summed E-state index contributed by atoms with van der Waals surface area (Å²) in [6, 6.07) is 24.5. The third kappa shape index (κ3) is 7.48. The predicted octanol–water partition coefficient (Wildman–Crippen LogP) is 4.79. The van der Waals surface area contributed by atoms with Crippen molar-refractivity contribution in [1.29, 1.82) is 0 Å². The second kappa shape index (κ2) is 13.8. The molecule has 0 saturated carbocycles. The molecule has 0 bridgehead atoms. The van der Waals surface area contributed by atoms with Crippen LogP contribution in [-0.4, -0.2) is 60.3 Å². The van der Waals surface area contributed by atoms with Crippen LogP contribution in [0.25, 0.3) is 11.1 Å². The molecule has 8 nitrogen and oxygen atoms in total. The minimum absolute atomic E-state index is 0.101. The van der Waals surface area contributed by atoms with Gasteiger partial charge in [0.15, 0.2) is 0 Å². The zero-order chi connectivity index (χ0) is 28.5. The van der Waals surface area contributed by atoms with Crippen LogP contribution in [-0.2, 0) is 20.9 Å². The van der Waals surface area contributed by atoms with Gasteiger partial charge in [0.05, 0.1) is 6.42 Å². The Bertz CT molecular complexity index is 1270. The smallest absolute Gasteiger partial charge is 0.407 e. The van der Waals surface area contributed by atoms with Gasteiger partial charge in [0.2, 0.25) is 5.91 Å². The van der Waals surface area contributed by atoms with E-state index in [4.69, 9.17) is 4.74 Å². The van der Waals surface area contributed by atoms with Crippen molar-refractivity contribution in [2.75, 3.05) is 20.2 Å². The van der Waals surface area contributed by atoms with Gasteiger partial charge in [-0.1, -0.05) is 92.2 Å². The first-order chi connectivity index (χ1) is 19.4. The van der Waals surface area contributed by atoms with Crippen LogP contribution in [0.5, 0.6) is 0 Å². The number of carbonyl (C=O) groups excluding carboxylic acids is 2. The molecule has 1 aliphatic rings. The Kier molecular flexibility index (Phi) is 9.91. The van der Waals surface area contributed by atoms with E-state index in [1.54, 1.807) is 0 Å². The van der Waals surface area contributed by atoms with Gasteiger partial charge in [-0.05, 0) is 41.3 Å². The van der Waals surface area contributed by atoms with Gasteiger partial charge in [-0.3, -0.25) is 14.5 Å². The second-order valence-electron chi connectivity index (χ2n) is 10.3. The predicted molar refractivity (Wildman–Crippen MR) is 154 cm³/mol. The largest absolute Gasteiger partial charge is 0.481 e. The van der Waals surface area contributed by atoms with Crippen molar-refractivity contribution < 1.29 is 24.2 Å². The molecule has 40 heavy (non-hydrogen) atoms. The van der Waals surface area contributed by atoms with Gasteiger partial charge in [-0.15, -0.1) is 0 Å². The molecule has 0 spiro atoms. The fourth-order valence-corrected chi connectivity index (χ4v) is 5.33. The number of hydrogen-bond acceptors (Lipinski definition) is 5. The van der Waals surface area contributed by atoms with E-state index in [-0.39, 0.29) is 25.5 Å². The average molecular weight is 544 g/mol. The van der Waals surface area contributed by atoms with E-state index in [0.29, 0.717) is 13.0 Å². The number of fused-ring (bicyclic) bond motifs is 3. The molecule has 1 unspecified atom stereocenters. The zero-order valence-electron chi connectivity index (χ0n) is 23.0. The molecule has 1 aliphatic carbocycles. The highest BCUT2D eigenvalue weighted by Crippen LogP contribution is 2.44. The van der Waals surface area contributed by atoms with Gasteiger partial charge in [0, 0.05) is 25.0 Å². The van der Waals surface area contributed by atoms with Crippen molar-refractivity contribution in [2.45, 2.75) is 50.7 Å². The summed E-state index contributed by atoms with van der Waals surface area (Å²) in [4.78, 5) is 39.6. The SMILES string of the molecule is CCC[C@@H](CC(=O)O)NC(=O)C(CN(C)Cc1ccccc1)NC(=O)OCC1c2ccccc2-c2ccccc21. The average Bonchev–Trinajstić information content (AvgIpc) is 3.25. The maximum Gasteiger partial charge on any atom is 0.407 e. The molecule has 3 N–H and O–H groups in total. The van der Waals surface area contributed by atoms with E-state index in [2.05, 4.69) is 22.8 Å². The number of aliphatic carboxylic acids is 1. The molecular formula is C32H37N3O5. The van der Waals surface area contributed by atoms with Crippen LogP contribution < -0.4 is 10.6 Å². The van der Waals surface area contributed by atoms with E-state index in [0.717, 1.165) is 34.2 Å². The minimum atomic E-state index is -0.985. The van der Waals surface area contributed by atoms with E-state index >= 15 is 0 Å². The van der Waals surface area contributed by atoms with Crippen molar-refractivity contribution in [2.24, 2.45) is 0 Å². The van der Waals surface area contributed by atoms with Crippen molar-refractivity contribution in [3.8, 4) is 11.1 Å². The Balaban J connectivity index is 1.44. The van der Waals surface area contributed by atoms with Gasteiger partial charge in [0.25, 0.3) is 0 Å². The first-order valence-corrected chi connectivity index (χ1v) is 13.7. The number of nitrogens with one attached hydrogen (secondary N) is 2. The second-order valence-corrected chi connectivity index (χ2v) is 10.3. The van der Waals surface area contributed by atoms with Gasteiger partial charge in [0.1, 0.15) is 12.6 Å². The first-order valence-electron chi connectivity index (χ1n) is 13.7. The lowest BCUT2D eigenvalue weighted by atomic mass is 9.98. The summed E-state index contributed by atoms with van der Waals surface area (Å²) in [5.74, 6) is -1.52. The van der Waals surface area contributed by atoms with Crippen LogP contribution in [0.4, 0.5) is 4.79 Å². The molecule has 0 fully saturated rings. The lowest BCUT2D eigenvalue weighted by molar-refractivity contribution is -0.137. The van der Waals surface area contributed by atoms with E-state index < -0.39 is 30.1 Å². The molecule has 0 aliphatic heterocycles. The number of likely N-dealkylation sites (N-methyl/N-ethyl adjacent to an activating group) is 1. The number of benzene rings is 3. The van der Waals surface area contributed by atoms with Crippen LogP contribution in [0.15, 0.2) is 78.9 Å². The molecular weight excluding hydrogens is 506 g/mol. The normalized spacial score (nSPS) is 13.7. The molecule has 0 radical (unpaired) electrons. The third-order valence-corrected chi connectivity index (χ3v) is 7.15. The summed E-state index contributed by atoms with van der Waals surface area (Å²) in [5.41, 5.74) is 5.54. The fourth-order valence-electron chi connectivity index (χ4n) is 5.33. The summed E-state index contributed by atoms with van der Waals surface area (Å²) < 4.78 is 5.69. The van der Waals surface area contributed by atoms with Gasteiger partial charge in [-0.2, -0.15) is 0 Å². The number of nitrogens with zero attached hydrogens (tertiary/aromatic N) is 1. The number of carbonyl (C=O) groups is 3. The van der Waals surface area contributed by atoms with Crippen LogP contribution >= 0.6 is 0 Å². The lowest BCUT2D eigenvalue weighted by Gasteiger charge is -2.26. The van der Waals surface area contributed by atoms with E-state index in [1.807, 2.05) is 85.6 Å². The Morgan fingerprint density at radius 3 is 2.10 bits per heavy atom. The number of hydrogen-bond donors (Lipinski definition) is 3. The quantitative estimate of drug-likeness (QED) is 0.286. The summed E-state index contributed by atoms with van der Waals surface area (Å²) >= 11 is 0. The van der Waals surface area contributed by atoms with Crippen molar-refractivity contribution in [1.82, 2.24) is 15.5 Å². The molecule has 2 amide bonds. The molecule has 210 valence electrons. The van der Waals surface area contributed by atoms with Crippen LogP contribution in [0.3, 0.4) is 0 Å². The molecule has 4 rings (SSSR count). The summed E-state index contributed by atoms with van der Waals surface area (Å²) in [6.07, 6.45) is 0.365. The number of rotatable bonds is 13. The number of ether oxygens (including phenoxy) is 1. The van der Waals surface area contributed by atoms with Crippen LogP contribution in [0, 0.1) is 0 Å². The number of carboxylic acids is 1. The number of carboxylic acid groups (broad SMARTS) is 1. The molecule has 3 aromatic carbocycles. The Morgan fingerprint density at radius 2 is 1.50 bits per heavy atom. The summed E-state index contributed by atoms with van der Waals surface area (Å²) in [6.45, 7) is 2.86. The third-order valence-electron chi connectivity index (χ3n) is 7.15. The van der Waals surface area contributed by atoms with Gasteiger partial charge in [-0.25, -0.2) is 4.79 Å². The summed E-state index contributed by atoms with van der Waals surface area (Å²) in [5, 5.41) is 14.9. The maximum absolute atomic E-state index is 13.3. The maximum atomic E-state index is 13.3. The molecule has 0 heterocycles. The van der Waals surface area contributed by atoms with Crippen molar-refractivity contribution >= 4 is 18.0 Å². The molecule has 3 aromatic rings. The highest BCUT2D eigenvalue weighted by atomic mass is 16.5. The van der Waals surface area contributed by atoms with Crippen LogP contribution in [0.1, 0.15) is 48.8 Å². The van der Waals surface area contributed by atoms with E-state index in [1.165, 1.54) is 0 Å². The molecule has 2 atom stereocenters. The lowest BCUT2D eigenvalue weighted by Crippen LogP contribution is -2.54. The minimum Gasteiger partial charge on any atom is -0.481 e. The topological polar surface area (TPSA) is 108 Å². The Morgan fingerprint density at radius 1 is 0.900 bits per heavy atom. The van der Waals surface area contributed by atoms with E-state index in [9.17, 15) is 19.5 Å². The molecule has 0 saturated heterocycles. The number of alkyl carbamates (subject to hydrolysis) is 1. The standard InChI is InChI=1S/C32H37N3O5/c1-3-11-23(18-30(36)37)33-31(38)29(20-35(2)19-22-12-5-4-6-13-22)34-32(39)40-21-28-26-16-9-7-14-24(26)25-15-8-10-17-27(25)28/h4-10,12-17,23,28-29H,3,11,18-21H2,1-2H3,(H,33,38)(H,34,39)(H,36,37)/t23-,29?/m0/s1.